The molecule has 2 rings (SSSR count). The summed E-state index contributed by atoms with van der Waals surface area (Å²) in [5.74, 6) is 0. The molecule has 2 nitrogen and oxygen atoms in total. The van der Waals surface area contributed by atoms with Crippen molar-refractivity contribution in [1.29, 1.82) is 0 Å². The molecule has 0 aromatic heterocycles. The van der Waals surface area contributed by atoms with Gasteiger partial charge < -0.3 is 10.6 Å². The standard InChI is InChI=1S/C16H19ClN2/c1-12(18)14-8-4-6-10-16(14)19(2)11-13-7-3-5-9-15(13)17/h3-10,12H,11,18H2,1-2H3. The maximum atomic E-state index is 6.21. The Labute approximate surface area is 119 Å². The van der Waals surface area contributed by atoms with Crippen LogP contribution in [0.3, 0.4) is 0 Å². The van der Waals surface area contributed by atoms with Crippen LogP contribution in [-0.4, -0.2) is 7.05 Å². The van der Waals surface area contributed by atoms with E-state index in [1.807, 2.05) is 43.3 Å². The normalized spacial score (nSPS) is 12.2. The average Bonchev–Trinajstić information content (AvgIpc) is 2.41. The fraction of sp³-hybridized carbons (Fsp3) is 0.250. The van der Waals surface area contributed by atoms with E-state index >= 15 is 0 Å². The highest BCUT2D eigenvalue weighted by Crippen LogP contribution is 2.26. The van der Waals surface area contributed by atoms with E-state index in [-0.39, 0.29) is 6.04 Å². The Bertz CT molecular complexity index is 552. The van der Waals surface area contributed by atoms with E-state index in [2.05, 4.69) is 24.1 Å². The zero-order chi connectivity index (χ0) is 13.8. The molecular weight excluding hydrogens is 256 g/mol. The van der Waals surface area contributed by atoms with E-state index in [1.165, 1.54) is 0 Å². The quantitative estimate of drug-likeness (QED) is 0.913. The summed E-state index contributed by atoms with van der Waals surface area (Å²) in [7, 11) is 2.06. The maximum Gasteiger partial charge on any atom is 0.0455 e. The number of rotatable bonds is 4. The van der Waals surface area contributed by atoms with Gasteiger partial charge in [-0.25, -0.2) is 0 Å². The number of benzene rings is 2. The molecule has 0 fully saturated rings. The summed E-state index contributed by atoms with van der Waals surface area (Å²) < 4.78 is 0. The van der Waals surface area contributed by atoms with E-state index in [4.69, 9.17) is 17.3 Å². The van der Waals surface area contributed by atoms with E-state index in [0.717, 1.165) is 28.4 Å². The van der Waals surface area contributed by atoms with Crippen molar-refractivity contribution in [2.45, 2.75) is 19.5 Å². The highest BCUT2D eigenvalue weighted by Gasteiger charge is 2.11. The summed E-state index contributed by atoms with van der Waals surface area (Å²) in [6.07, 6.45) is 0. The van der Waals surface area contributed by atoms with Crippen molar-refractivity contribution in [3.05, 3.63) is 64.7 Å². The SMILES string of the molecule is CC(N)c1ccccc1N(C)Cc1ccccc1Cl. The van der Waals surface area contributed by atoms with E-state index in [1.54, 1.807) is 0 Å². The van der Waals surface area contributed by atoms with Crippen LogP contribution in [0.15, 0.2) is 48.5 Å². The van der Waals surface area contributed by atoms with Crippen LogP contribution in [0.5, 0.6) is 0 Å². The van der Waals surface area contributed by atoms with Gasteiger partial charge in [0.2, 0.25) is 0 Å². The lowest BCUT2D eigenvalue weighted by molar-refractivity contribution is 0.801. The van der Waals surface area contributed by atoms with Gasteiger partial charge in [-0.1, -0.05) is 48.0 Å². The van der Waals surface area contributed by atoms with Crippen LogP contribution in [0.4, 0.5) is 5.69 Å². The van der Waals surface area contributed by atoms with Gasteiger partial charge in [0, 0.05) is 30.3 Å². The Morgan fingerprint density at radius 1 is 1.11 bits per heavy atom. The molecule has 2 N–H and O–H groups in total. The van der Waals surface area contributed by atoms with Gasteiger partial charge in [-0.3, -0.25) is 0 Å². The molecular formula is C16H19ClN2. The van der Waals surface area contributed by atoms with Crippen LogP contribution in [-0.2, 0) is 6.54 Å². The maximum absolute atomic E-state index is 6.21. The van der Waals surface area contributed by atoms with Gasteiger partial charge in [0.1, 0.15) is 0 Å². The van der Waals surface area contributed by atoms with Gasteiger partial charge in [-0.2, -0.15) is 0 Å². The highest BCUT2D eigenvalue weighted by molar-refractivity contribution is 6.31. The molecule has 3 heteroatoms. The Morgan fingerprint density at radius 3 is 2.42 bits per heavy atom. The second-order valence-corrected chi connectivity index (χ2v) is 5.20. The molecule has 0 bridgehead atoms. The predicted molar refractivity (Wildman–Crippen MR) is 82.6 cm³/mol. The van der Waals surface area contributed by atoms with Crippen molar-refractivity contribution in [2.75, 3.05) is 11.9 Å². The molecule has 0 aliphatic rings. The Hall–Kier alpha value is -1.51. The van der Waals surface area contributed by atoms with Gasteiger partial charge in [0.05, 0.1) is 0 Å². The first kappa shape index (κ1) is 13.9. The molecule has 0 saturated heterocycles. The first-order chi connectivity index (χ1) is 9.09. The Balaban J connectivity index is 2.26. The largest absolute Gasteiger partial charge is 0.370 e. The van der Waals surface area contributed by atoms with Crippen LogP contribution in [0, 0.1) is 0 Å². The number of hydrogen-bond donors (Lipinski definition) is 1. The highest BCUT2D eigenvalue weighted by atomic mass is 35.5. The molecule has 2 aromatic carbocycles. The fourth-order valence-corrected chi connectivity index (χ4v) is 2.38. The third-order valence-electron chi connectivity index (χ3n) is 3.20. The summed E-state index contributed by atoms with van der Waals surface area (Å²) in [5.41, 5.74) is 9.44. The predicted octanol–water partition coefficient (Wildman–Crippen LogP) is 4.00. The van der Waals surface area contributed by atoms with Gasteiger partial charge in [0.25, 0.3) is 0 Å². The molecule has 0 spiro atoms. The van der Waals surface area contributed by atoms with Gasteiger partial charge in [-0.15, -0.1) is 0 Å². The topological polar surface area (TPSA) is 29.3 Å². The van der Waals surface area contributed by atoms with Crippen molar-refractivity contribution >= 4 is 17.3 Å². The molecule has 1 unspecified atom stereocenters. The lowest BCUT2D eigenvalue weighted by atomic mass is 10.1. The van der Waals surface area contributed by atoms with Crippen molar-refractivity contribution in [1.82, 2.24) is 0 Å². The van der Waals surface area contributed by atoms with Crippen LogP contribution >= 0.6 is 11.6 Å². The van der Waals surface area contributed by atoms with E-state index in [0.29, 0.717) is 0 Å². The molecule has 0 heterocycles. The molecule has 0 saturated carbocycles. The van der Waals surface area contributed by atoms with Crippen LogP contribution in [0.1, 0.15) is 24.1 Å². The summed E-state index contributed by atoms with van der Waals surface area (Å²) in [6, 6.07) is 16.2. The third kappa shape index (κ3) is 3.28. The fourth-order valence-electron chi connectivity index (χ4n) is 2.19. The molecule has 19 heavy (non-hydrogen) atoms. The molecule has 2 aromatic rings. The van der Waals surface area contributed by atoms with Crippen LogP contribution in [0.25, 0.3) is 0 Å². The van der Waals surface area contributed by atoms with Crippen molar-refractivity contribution < 1.29 is 0 Å². The zero-order valence-corrected chi connectivity index (χ0v) is 12.1. The minimum Gasteiger partial charge on any atom is -0.370 e. The Morgan fingerprint density at radius 2 is 1.74 bits per heavy atom. The van der Waals surface area contributed by atoms with Crippen molar-refractivity contribution in [2.24, 2.45) is 5.73 Å². The van der Waals surface area contributed by atoms with Gasteiger partial charge in [-0.05, 0) is 30.2 Å². The molecule has 0 radical (unpaired) electrons. The molecule has 100 valence electrons. The monoisotopic (exact) mass is 274 g/mol. The second-order valence-electron chi connectivity index (χ2n) is 4.79. The van der Waals surface area contributed by atoms with Crippen molar-refractivity contribution in [3.63, 3.8) is 0 Å². The van der Waals surface area contributed by atoms with Gasteiger partial charge in [0.15, 0.2) is 0 Å². The first-order valence-electron chi connectivity index (χ1n) is 6.38. The molecule has 0 aliphatic carbocycles. The first-order valence-corrected chi connectivity index (χ1v) is 6.76. The third-order valence-corrected chi connectivity index (χ3v) is 3.57. The van der Waals surface area contributed by atoms with Gasteiger partial charge >= 0.3 is 0 Å². The number of anilines is 1. The summed E-state index contributed by atoms with van der Waals surface area (Å²) in [4.78, 5) is 2.18. The zero-order valence-electron chi connectivity index (χ0n) is 11.3. The lowest BCUT2D eigenvalue weighted by Crippen LogP contribution is -2.20. The van der Waals surface area contributed by atoms with Crippen LogP contribution < -0.4 is 10.6 Å². The minimum atomic E-state index is 0.0184. The van der Waals surface area contributed by atoms with E-state index < -0.39 is 0 Å². The van der Waals surface area contributed by atoms with E-state index in [9.17, 15) is 0 Å². The molecule has 0 aliphatic heterocycles. The minimum absolute atomic E-state index is 0.0184. The van der Waals surface area contributed by atoms with Crippen LogP contribution in [0.2, 0.25) is 5.02 Å². The molecule has 1 atom stereocenters. The Kier molecular flexibility index (Phi) is 4.46. The number of para-hydroxylation sites is 1. The lowest BCUT2D eigenvalue weighted by Gasteiger charge is -2.24. The summed E-state index contributed by atoms with van der Waals surface area (Å²) in [5, 5.41) is 0.799. The average molecular weight is 275 g/mol. The number of halogens is 1. The number of nitrogens with two attached hydrogens (primary N) is 1. The van der Waals surface area contributed by atoms with Crippen molar-refractivity contribution in [3.8, 4) is 0 Å². The summed E-state index contributed by atoms with van der Waals surface area (Å²) >= 11 is 6.21. The number of nitrogens with zero attached hydrogens (tertiary/aromatic N) is 1. The second kappa shape index (κ2) is 6.09. The molecule has 0 amide bonds. The summed E-state index contributed by atoms with van der Waals surface area (Å²) in [6.45, 7) is 2.77. The smallest absolute Gasteiger partial charge is 0.0455 e. The number of hydrogen-bond acceptors (Lipinski definition) is 2.